The molecule has 0 fully saturated rings. The van der Waals surface area contributed by atoms with Crippen molar-refractivity contribution in [3.63, 3.8) is 0 Å². The molecule has 0 N–H and O–H groups in total. The fourth-order valence-corrected chi connectivity index (χ4v) is 14.4. The molecule has 3 rings (SSSR count). The Morgan fingerprint density at radius 3 is 0.802 bits per heavy atom. The van der Waals surface area contributed by atoms with Crippen LogP contribution in [0.2, 0.25) is 0 Å². The molecule has 3 heteroatoms. The number of hydrogen-bond donors (Lipinski definition) is 0. The third kappa shape index (κ3) is 53.9. The van der Waals surface area contributed by atoms with Gasteiger partial charge in [0.2, 0.25) is 11.4 Å². The first-order valence-electron chi connectivity index (χ1n) is 44.5. The van der Waals surface area contributed by atoms with Gasteiger partial charge in [0.05, 0.1) is 0 Å². The molecule has 1 heterocycles. The smallest absolute Gasteiger partial charge is 0.518 e. The predicted molar refractivity (Wildman–Crippen MR) is 450 cm³/mol. The molecule has 0 atom stereocenters. The number of allylic oxidation sites excluding steroid dienone is 4. The average Bonchev–Trinajstić information content (AvgIpc) is 1.60. The molecule has 1 aliphatic rings. The summed E-state index contributed by atoms with van der Waals surface area (Å²) in [4.78, 5) is 0. The molecule has 578 valence electrons. The van der Waals surface area contributed by atoms with Gasteiger partial charge in [0.15, 0.2) is 0 Å². The number of unbranched alkanes of at least 4 members (excludes halogenated alkanes) is 50. The Bertz CT molecular complexity index is 2390. The van der Waals surface area contributed by atoms with E-state index in [0.29, 0.717) is 0 Å². The molecule has 0 aliphatic carbocycles. The van der Waals surface area contributed by atoms with Crippen LogP contribution in [0.15, 0.2) is 59.7 Å². The van der Waals surface area contributed by atoms with E-state index in [4.69, 9.17) is 13.2 Å². The topological polar surface area (TPSA) is 25.3 Å². The van der Waals surface area contributed by atoms with Crippen molar-refractivity contribution in [1.82, 2.24) is 0 Å². The van der Waals surface area contributed by atoms with Gasteiger partial charge >= 0.3 is 16.5 Å². The van der Waals surface area contributed by atoms with Crippen LogP contribution in [-0.4, -0.2) is 4.70 Å². The molecule has 0 unspecified atom stereocenters. The molecule has 0 saturated carbocycles. The van der Waals surface area contributed by atoms with E-state index in [1.807, 2.05) is 0 Å². The molecule has 0 spiro atoms. The number of nitrogens with zero attached hydrogens (tertiary/aromatic N) is 2. The maximum absolute atomic E-state index is 13.1. The van der Waals surface area contributed by atoms with Crippen LogP contribution < -0.4 is 0 Å². The van der Waals surface area contributed by atoms with Gasteiger partial charge in [0.25, 0.3) is 0 Å². The third-order valence-electron chi connectivity index (χ3n) is 21.0. The fourth-order valence-electron chi connectivity index (χ4n) is 14.4. The van der Waals surface area contributed by atoms with Crippen LogP contribution in [-0.2, 0) is 42.2 Å². The first-order chi connectivity index (χ1) is 49.4. The largest absolute Gasteiger partial charge is 2.00 e. The molecule has 2 aromatic carbocycles. The van der Waals surface area contributed by atoms with Crippen molar-refractivity contribution >= 4 is 11.4 Å². The summed E-state index contributed by atoms with van der Waals surface area (Å²) in [6.45, 7) is 28.9. The van der Waals surface area contributed by atoms with Gasteiger partial charge < -0.3 is 18.7 Å². The molecule has 1 aliphatic heterocycles. The summed E-state index contributed by atoms with van der Waals surface area (Å²) in [5, 5.41) is 0. The van der Waals surface area contributed by atoms with Crippen molar-refractivity contribution in [3.8, 4) is 23.7 Å². The Morgan fingerprint density at radius 1 is 0.277 bits per heavy atom. The van der Waals surface area contributed by atoms with E-state index in [0.717, 1.165) is 108 Å². The number of benzene rings is 2. The van der Waals surface area contributed by atoms with Gasteiger partial charge in [-0.25, -0.2) is 4.70 Å². The van der Waals surface area contributed by atoms with Gasteiger partial charge in [-0.15, -0.1) is 23.7 Å². The summed E-state index contributed by atoms with van der Waals surface area (Å²) in [7, 11) is 0. The van der Waals surface area contributed by atoms with E-state index < -0.39 is 0 Å². The van der Waals surface area contributed by atoms with Gasteiger partial charge in [0.1, 0.15) is 0 Å². The molecule has 0 amide bonds. The zero-order valence-corrected chi connectivity index (χ0v) is 69.6. The van der Waals surface area contributed by atoms with Crippen LogP contribution in [0.4, 0.5) is 0 Å². The van der Waals surface area contributed by atoms with E-state index in [9.17, 15) is 5.53 Å². The SMILES string of the molecule is CCCCCCCCCCCCCCCCCC#CCCc1ccc(CCCC)cc1C1=C(CCCC)C(CCCCCC)=C(c2cc(CCCC)ccc2CCC#CCCCCCCCCCCCCCCCCC)[N+]1=[N-].[CH-]=CCCCCCCCCC.[CH-]=CCCCCCCCCC.[Ni+2]. The molecule has 2 nitrogen and oxygen atoms in total. The number of rotatable bonds is 66. The van der Waals surface area contributed by atoms with Crippen molar-refractivity contribution in [2.75, 3.05) is 0 Å². The van der Waals surface area contributed by atoms with E-state index in [1.54, 1.807) is 16.8 Å². The normalized spacial score (nSPS) is 11.8. The van der Waals surface area contributed by atoms with E-state index in [-0.39, 0.29) is 16.5 Å². The molecular formula is C98H166N2Ni. The Morgan fingerprint density at radius 2 is 0.515 bits per heavy atom. The van der Waals surface area contributed by atoms with Gasteiger partial charge in [-0.05, 0) is 111 Å². The minimum Gasteiger partial charge on any atom is -0.518 e. The number of hydrogen-bond acceptors (Lipinski definition) is 0. The van der Waals surface area contributed by atoms with Crippen LogP contribution in [0, 0.1) is 36.8 Å². The maximum Gasteiger partial charge on any atom is 2.00 e. The van der Waals surface area contributed by atoms with Crippen molar-refractivity contribution in [2.24, 2.45) is 0 Å². The maximum atomic E-state index is 13.1. The van der Waals surface area contributed by atoms with Crippen LogP contribution in [0.25, 0.3) is 16.9 Å². The van der Waals surface area contributed by atoms with Crippen molar-refractivity contribution in [2.45, 2.75) is 479 Å². The summed E-state index contributed by atoms with van der Waals surface area (Å²) in [6, 6.07) is 14.5. The summed E-state index contributed by atoms with van der Waals surface area (Å²) < 4.78 is 1.70. The summed E-state index contributed by atoms with van der Waals surface area (Å²) in [5.41, 5.74) is 25.9. The second-order valence-corrected chi connectivity index (χ2v) is 30.5. The summed E-state index contributed by atoms with van der Waals surface area (Å²) in [5.74, 6) is 14.4. The predicted octanol–water partition coefficient (Wildman–Crippen LogP) is 33.3. The zero-order valence-electron chi connectivity index (χ0n) is 68.7. The molecule has 0 bridgehead atoms. The first kappa shape index (κ1) is 97.6. The van der Waals surface area contributed by atoms with E-state index in [2.05, 4.69) is 115 Å². The fraction of sp³-hybridized carbons (Fsp3) is 0.755. The molecule has 101 heavy (non-hydrogen) atoms. The first-order valence-corrected chi connectivity index (χ1v) is 44.5. The monoisotopic (exact) mass is 1430 g/mol. The van der Waals surface area contributed by atoms with Gasteiger partial charge in [0, 0.05) is 48.0 Å². The Balaban J connectivity index is 0.00000370. The van der Waals surface area contributed by atoms with Crippen LogP contribution in [0.3, 0.4) is 0 Å². The van der Waals surface area contributed by atoms with Gasteiger partial charge in [-0.1, -0.05) is 401 Å². The average molecular weight is 1430 g/mol. The second kappa shape index (κ2) is 76.3. The molecule has 0 radical (unpaired) electrons. The van der Waals surface area contributed by atoms with Crippen molar-refractivity contribution in [1.29, 1.82) is 0 Å². The molecular weight excluding hydrogens is 1260 g/mol. The van der Waals surface area contributed by atoms with E-state index >= 15 is 0 Å². The van der Waals surface area contributed by atoms with Gasteiger partial charge in [-0.3, -0.25) is 12.2 Å². The van der Waals surface area contributed by atoms with Crippen molar-refractivity contribution < 1.29 is 21.2 Å². The Labute approximate surface area is 643 Å². The molecule has 2 aromatic rings. The van der Waals surface area contributed by atoms with Crippen LogP contribution >= 0.6 is 0 Å². The summed E-state index contributed by atoms with van der Waals surface area (Å²) in [6.07, 6.45) is 88.3. The van der Waals surface area contributed by atoms with Crippen molar-refractivity contribution in [3.05, 3.63) is 112 Å². The Kier molecular flexibility index (Phi) is 73.7. The zero-order chi connectivity index (χ0) is 72.5. The van der Waals surface area contributed by atoms with Crippen LogP contribution in [0.1, 0.15) is 487 Å². The minimum atomic E-state index is 0. The molecule has 0 aromatic heterocycles. The molecule has 0 saturated heterocycles. The third-order valence-corrected chi connectivity index (χ3v) is 21.0. The van der Waals surface area contributed by atoms with Gasteiger partial charge in [-0.2, -0.15) is 0 Å². The minimum absolute atomic E-state index is 0. The Hall–Kier alpha value is -3.39. The number of aryl methyl sites for hydroxylation is 4. The second-order valence-electron chi connectivity index (χ2n) is 30.5. The standard InChI is InChI=1S/C76H124N2.2C11H21.Ni/c1-7-13-19-22-24-26-28-30-32-34-36-38-40-42-44-46-48-50-52-57-69-63-61-67(55-16-10-4)65-73(69)75-71(59-18-12-6)72(60-54-21-15-9-3)76(78(75)77)74-66-68(56-17-11-5)62-64-70(74)58-53-51-49-47-45-43-41-39-37-35-33-31-29-27-25-23-20-14-8-2;2*1-3-5-7-9-11-10-8-6-4-2;/h61-66H,7-47,52-60H2,1-6H3;2*1,3H,4-11H2,2H3;/q;2*-1;+2. The van der Waals surface area contributed by atoms with Crippen LogP contribution in [0.5, 0.6) is 0 Å². The quantitative estimate of drug-likeness (QED) is 0.0207. The van der Waals surface area contributed by atoms with E-state index in [1.165, 1.54) is 372 Å². The summed E-state index contributed by atoms with van der Waals surface area (Å²) >= 11 is 0.